The molecule has 6 atom stereocenters. The zero-order valence-corrected chi connectivity index (χ0v) is 33.5. The van der Waals surface area contributed by atoms with Gasteiger partial charge in [0.15, 0.2) is 16.8 Å². The first-order valence-corrected chi connectivity index (χ1v) is 21.3. The van der Waals surface area contributed by atoms with Gasteiger partial charge in [0.2, 0.25) is 0 Å². The number of carboxylic acids is 1. The largest absolute Gasteiger partial charge is 0.872 e. The number of H-pyrrole nitrogens is 1. The molecular weight excluding hydrogens is 854 g/mol. The first kappa shape index (κ1) is 44.5. The van der Waals surface area contributed by atoms with Gasteiger partial charge in [-0.25, -0.2) is 13.9 Å². The van der Waals surface area contributed by atoms with Crippen LogP contribution in [0.2, 0.25) is 0 Å². The smallest absolute Gasteiger partial charge is 0.336 e. The van der Waals surface area contributed by atoms with Gasteiger partial charge in [-0.05, 0) is 61.0 Å². The minimum Gasteiger partial charge on any atom is -0.872 e. The fraction of sp³-hybridized carbons (Fsp3) is 0.306. The molecule has 0 radical (unpaired) electrons. The van der Waals surface area contributed by atoms with E-state index >= 15 is 0 Å². The summed E-state index contributed by atoms with van der Waals surface area (Å²) in [6.07, 6.45) is -3.84. The second-order valence-electron chi connectivity index (χ2n) is 13.3. The third kappa shape index (κ3) is 10.8. The second-order valence-corrected chi connectivity index (χ2v) is 16.7. The monoisotopic (exact) mass is 889 g/mol. The number of nitrogens with one attached hydrogen (secondary N) is 3. The predicted octanol–water partition coefficient (Wildman–Crippen LogP) is 1.34. The summed E-state index contributed by atoms with van der Waals surface area (Å²) >= 11 is 5.37. The lowest BCUT2D eigenvalue weighted by atomic mass is 9.90. The van der Waals surface area contributed by atoms with Crippen molar-refractivity contribution in [3.63, 3.8) is 0 Å². The highest BCUT2D eigenvalue weighted by Gasteiger charge is 2.44. The Hall–Kier alpha value is -5.09. The molecule has 3 aromatic rings. The van der Waals surface area contributed by atoms with Crippen LogP contribution in [0.5, 0.6) is 5.75 Å². The number of carboxylic acid groups (broad SMARTS) is 1. The van der Waals surface area contributed by atoms with Crippen molar-refractivity contribution in [2.75, 3.05) is 25.1 Å². The van der Waals surface area contributed by atoms with Crippen LogP contribution in [0, 0.1) is 0 Å². The lowest BCUT2D eigenvalue weighted by molar-refractivity contribution is -0.268. The number of ether oxygens (including phenoxy) is 1. The summed E-state index contributed by atoms with van der Waals surface area (Å²) in [4.78, 5) is 74.2. The minimum atomic E-state index is -5.59. The molecule has 3 heterocycles. The third-order valence-corrected chi connectivity index (χ3v) is 11.9. The van der Waals surface area contributed by atoms with E-state index in [0.717, 1.165) is 16.8 Å². The third-order valence-electron chi connectivity index (χ3n) is 9.11. The molecular formula is C36H35N4O17P2S-3. The van der Waals surface area contributed by atoms with Crippen LogP contribution in [0.4, 0.5) is 5.69 Å². The van der Waals surface area contributed by atoms with Gasteiger partial charge in [0, 0.05) is 47.1 Å². The molecule has 60 heavy (non-hydrogen) atoms. The summed E-state index contributed by atoms with van der Waals surface area (Å²) in [6, 6.07) is 13.8. The van der Waals surface area contributed by atoms with Crippen molar-refractivity contribution in [3.8, 4) is 28.2 Å². The van der Waals surface area contributed by atoms with Crippen molar-refractivity contribution >= 4 is 55.6 Å². The molecule has 21 nitrogen and oxygen atoms in total. The number of anilines is 1. The number of aromatic carboxylic acids is 1. The predicted molar refractivity (Wildman–Crippen MR) is 209 cm³/mol. The number of thiocarbonyl (C=S) groups is 1. The van der Waals surface area contributed by atoms with Crippen molar-refractivity contribution in [2.24, 2.45) is 0 Å². The normalized spacial score (nSPS) is 19.8. The number of unbranched alkanes of at least 4 members (excludes halogenated alkanes) is 3. The number of hydrogen-bond donors (Lipinski definition) is 6. The van der Waals surface area contributed by atoms with E-state index in [0.29, 0.717) is 53.6 Å². The highest BCUT2D eigenvalue weighted by Crippen LogP contribution is 2.56. The number of aliphatic hydroxyl groups excluding tert-OH is 2. The summed E-state index contributed by atoms with van der Waals surface area (Å²) < 4.78 is 49.4. The maximum absolute atomic E-state index is 12.5. The van der Waals surface area contributed by atoms with Crippen LogP contribution >= 0.6 is 27.9 Å². The van der Waals surface area contributed by atoms with Crippen molar-refractivity contribution in [1.82, 2.24) is 14.9 Å². The van der Waals surface area contributed by atoms with Crippen LogP contribution in [0.3, 0.4) is 0 Å². The topological polar surface area (TPSA) is 327 Å². The fourth-order valence-electron chi connectivity index (χ4n) is 6.35. The van der Waals surface area contributed by atoms with Crippen molar-refractivity contribution in [3.05, 3.63) is 103 Å². The van der Waals surface area contributed by atoms with Crippen molar-refractivity contribution < 1.29 is 66.6 Å². The summed E-state index contributed by atoms with van der Waals surface area (Å²) in [7, 11) is -11.0. The van der Waals surface area contributed by atoms with Gasteiger partial charge in [0.25, 0.3) is 21.2 Å². The molecule has 6 unspecified atom stereocenters. The number of phosphoric acid groups is 2. The van der Waals surface area contributed by atoms with Gasteiger partial charge in [-0.2, -0.15) is 0 Å². The molecule has 2 aliphatic heterocycles. The van der Waals surface area contributed by atoms with Crippen LogP contribution < -0.4 is 42.2 Å². The summed E-state index contributed by atoms with van der Waals surface area (Å²) in [5.74, 6) is -1.39. The van der Waals surface area contributed by atoms with E-state index < -0.39 is 70.6 Å². The van der Waals surface area contributed by atoms with Crippen molar-refractivity contribution in [1.29, 1.82) is 0 Å². The van der Waals surface area contributed by atoms with E-state index in [1.165, 1.54) is 42.5 Å². The quantitative estimate of drug-likeness (QED) is 0.0332. The molecule has 0 bridgehead atoms. The van der Waals surface area contributed by atoms with Gasteiger partial charge in [-0.3, -0.25) is 28.3 Å². The zero-order valence-electron chi connectivity index (χ0n) is 30.9. The number of hydrogen-bond acceptors (Lipinski definition) is 17. The van der Waals surface area contributed by atoms with E-state index in [-0.39, 0.29) is 39.6 Å². The number of aliphatic hydroxyl groups is 2. The average molecular weight is 890 g/mol. The standard InChI is InChI=1S/C36H38N4O17P2S/c41-20-6-9-23-26(16-20)55-27-17-21(42)7-10-24(27)30(23)22-8-5-19(15-25(22)34(46)47)38-35(60)37-12-3-1-2-4-14-53-58(49,50)57-59(51,52)54-18-28-31(44)32(45)33(56-28)40-13-11-29(43)39-36(40)48/h5-11,13,15-17,28,31-33,41,44-45H,1-4,12,14,18H2,(H,46,47)(H,49,50)(H,51,52)(H2,37,38,60)(H,39,43,48)/p-3. The molecule has 1 saturated heterocycles. The Morgan fingerprint density at radius 1 is 0.917 bits per heavy atom. The molecule has 1 aromatic heterocycles. The average Bonchev–Trinajstić information content (AvgIpc) is 3.45. The second kappa shape index (κ2) is 18.7. The molecule has 0 saturated carbocycles. The molecule has 1 fully saturated rings. The van der Waals surface area contributed by atoms with Gasteiger partial charge < -0.3 is 59.0 Å². The molecule has 24 heteroatoms. The van der Waals surface area contributed by atoms with Gasteiger partial charge in [0.05, 0.1) is 18.8 Å². The van der Waals surface area contributed by atoms with E-state index in [1.54, 1.807) is 12.1 Å². The van der Waals surface area contributed by atoms with Crippen LogP contribution in [0.1, 0.15) is 42.3 Å². The van der Waals surface area contributed by atoms with Gasteiger partial charge in [-0.15, -0.1) is 5.75 Å². The number of carbonyl (C=O) groups is 1. The highest BCUT2D eigenvalue weighted by atomic mass is 32.1. The first-order valence-electron chi connectivity index (χ1n) is 18.0. The lowest BCUT2D eigenvalue weighted by Crippen LogP contribution is -2.37. The van der Waals surface area contributed by atoms with Crippen LogP contribution in [-0.2, 0) is 27.2 Å². The summed E-state index contributed by atoms with van der Waals surface area (Å²) in [5, 5.41) is 49.3. The number of nitrogens with zero attached hydrogens (tertiary/aromatic N) is 1. The van der Waals surface area contributed by atoms with Gasteiger partial charge in [-0.1, -0.05) is 31.0 Å². The van der Waals surface area contributed by atoms with Crippen LogP contribution in [-0.4, -0.2) is 74.0 Å². The molecule has 320 valence electrons. The van der Waals surface area contributed by atoms with E-state index in [4.69, 9.17) is 21.4 Å². The zero-order chi connectivity index (χ0) is 43.4. The Morgan fingerprint density at radius 3 is 2.40 bits per heavy atom. The molecule has 6 rings (SSSR count). The van der Waals surface area contributed by atoms with Crippen LogP contribution in [0.15, 0.2) is 85.7 Å². The molecule has 0 spiro atoms. The number of benzene rings is 3. The Bertz CT molecular complexity index is 2650. The Balaban J connectivity index is 0.927. The van der Waals surface area contributed by atoms with E-state index in [1.807, 2.05) is 4.98 Å². The van der Waals surface area contributed by atoms with E-state index in [9.17, 15) is 58.5 Å². The number of fused-ring (bicyclic) bond motifs is 2. The minimum absolute atomic E-state index is 0.0904. The Kier molecular flexibility index (Phi) is 13.8. The fourth-order valence-corrected chi connectivity index (χ4v) is 8.61. The van der Waals surface area contributed by atoms with Gasteiger partial charge >= 0.3 is 11.7 Å². The van der Waals surface area contributed by atoms with Crippen LogP contribution in [0.25, 0.3) is 33.4 Å². The molecule has 1 aliphatic carbocycles. The SMILES string of the molecule is O=C(O)c1cc(NC(=S)NCCCCCCOP(=O)([O-])OP(=O)([O-])OCC2OC(n3ccc(=O)[nH]c3=O)C(O)C2O)ccc1-c1c2ccc(=O)cc-2oc2cc([O-])ccc12. The molecule has 3 aliphatic rings. The number of rotatable bonds is 17. The van der Waals surface area contributed by atoms with Gasteiger partial charge in [0.1, 0.15) is 29.7 Å². The first-order chi connectivity index (χ1) is 28.4. The summed E-state index contributed by atoms with van der Waals surface area (Å²) in [5.41, 5.74) is -0.350. The van der Waals surface area contributed by atoms with E-state index in [2.05, 4.69) is 24.0 Å². The number of aromatic nitrogens is 2. The Labute approximate surface area is 343 Å². The van der Waals surface area contributed by atoms with Crippen molar-refractivity contribution in [2.45, 2.75) is 50.2 Å². The highest BCUT2D eigenvalue weighted by molar-refractivity contribution is 7.80. The Morgan fingerprint density at radius 2 is 1.65 bits per heavy atom. The molecule has 6 N–H and O–H groups in total. The maximum Gasteiger partial charge on any atom is 0.336 e. The number of aromatic amines is 1. The molecule has 2 aromatic carbocycles. The maximum atomic E-state index is 12.5. The summed E-state index contributed by atoms with van der Waals surface area (Å²) in [6.45, 7) is -1.05. The molecule has 0 amide bonds. The number of phosphoric ester groups is 2. The lowest BCUT2D eigenvalue weighted by Gasteiger charge is -2.31.